The number of para-hydroxylation sites is 1. The van der Waals surface area contributed by atoms with E-state index in [9.17, 15) is 4.79 Å². The molecule has 0 saturated heterocycles. The molecule has 1 aromatic carbocycles. The van der Waals surface area contributed by atoms with Gasteiger partial charge in [-0.05, 0) is 32.0 Å². The van der Waals surface area contributed by atoms with Crippen molar-refractivity contribution in [3.05, 3.63) is 18.2 Å². The predicted molar refractivity (Wildman–Crippen MR) is 80.9 cm³/mol. The maximum Gasteiger partial charge on any atom is 0.240 e. The summed E-state index contributed by atoms with van der Waals surface area (Å²) in [5, 5.41) is 3.11. The van der Waals surface area contributed by atoms with Crippen LogP contribution in [-0.2, 0) is 4.79 Å². The van der Waals surface area contributed by atoms with Gasteiger partial charge in [-0.25, -0.2) is 0 Å². The average molecular weight is 296 g/mol. The van der Waals surface area contributed by atoms with E-state index in [4.69, 9.17) is 19.9 Å². The SMILES string of the molecule is CCCNC(C)(COc1c(OC)cccc1OC)C(N)=O. The largest absolute Gasteiger partial charge is 0.493 e. The molecule has 0 heterocycles. The van der Waals surface area contributed by atoms with Crippen molar-refractivity contribution in [2.45, 2.75) is 25.8 Å². The number of nitrogens with two attached hydrogens (primary N) is 1. The Labute approximate surface area is 125 Å². The van der Waals surface area contributed by atoms with E-state index in [1.165, 1.54) is 0 Å². The van der Waals surface area contributed by atoms with Crippen LogP contribution in [0.15, 0.2) is 18.2 Å². The lowest BCUT2D eigenvalue weighted by atomic mass is 10.0. The summed E-state index contributed by atoms with van der Waals surface area (Å²) in [5.41, 5.74) is 4.52. The van der Waals surface area contributed by atoms with Crippen molar-refractivity contribution in [3.8, 4) is 17.2 Å². The minimum absolute atomic E-state index is 0.0824. The first kappa shape index (κ1) is 17.1. The number of amides is 1. The summed E-state index contributed by atoms with van der Waals surface area (Å²) in [4.78, 5) is 11.7. The Morgan fingerprint density at radius 3 is 2.29 bits per heavy atom. The van der Waals surface area contributed by atoms with E-state index in [0.29, 0.717) is 23.8 Å². The minimum atomic E-state index is -0.956. The highest BCUT2D eigenvalue weighted by Gasteiger charge is 2.32. The van der Waals surface area contributed by atoms with Crippen molar-refractivity contribution in [1.29, 1.82) is 0 Å². The molecule has 1 rings (SSSR count). The third-order valence-corrected chi connectivity index (χ3v) is 3.20. The molecule has 0 aliphatic heterocycles. The van der Waals surface area contributed by atoms with Crippen molar-refractivity contribution < 1.29 is 19.0 Å². The van der Waals surface area contributed by atoms with Gasteiger partial charge in [0.25, 0.3) is 0 Å². The van der Waals surface area contributed by atoms with Crippen LogP contribution in [0.2, 0.25) is 0 Å². The van der Waals surface area contributed by atoms with Gasteiger partial charge in [0.05, 0.1) is 14.2 Å². The molecule has 0 fully saturated rings. The Balaban J connectivity index is 2.92. The van der Waals surface area contributed by atoms with Crippen molar-refractivity contribution in [1.82, 2.24) is 5.32 Å². The van der Waals surface area contributed by atoms with Gasteiger partial charge in [-0.1, -0.05) is 13.0 Å². The first-order chi connectivity index (χ1) is 9.98. The highest BCUT2D eigenvalue weighted by atomic mass is 16.5. The highest BCUT2D eigenvalue weighted by molar-refractivity contribution is 5.84. The van der Waals surface area contributed by atoms with E-state index in [1.54, 1.807) is 39.3 Å². The highest BCUT2D eigenvalue weighted by Crippen LogP contribution is 2.37. The molecule has 6 heteroatoms. The maximum atomic E-state index is 11.7. The van der Waals surface area contributed by atoms with E-state index in [0.717, 1.165) is 6.42 Å². The summed E-state index contributed by atoms with van der Waals surface area (Å²) >= 11 is 0. The summed E-state index contributed by atoms with van der Waals surface area (Å²) in [6.45, 7) is 4.48. The molecule has 21 heavy (non-hydrogen) atoms. The molecular formula is C15H24N2O4. The maximum absolute atomic E-state index is 11.7. The lowest BCUT2D eigenvalue weighted by molar-refractivity contribution is -0.125. The molecule has 0 bridgehead atoms. The van der Waals surface area contributed by atoms with Crippen LogP contribution in [0, 0.1) is 0 Å². The molecule has 0 aliphatic carbocycles. The zero-order valence-electron chi connectivity index (χ0n) is 13.1. The first-order valence-electron chi connectivity index (χ1n) is 6.87. The summed E-state index contributed by atoms with van der Waals surface area (Å²) in [6, 6.07) is 5.32. The second kappa shape index (κ2) is 7.73. The van der Waals surface area contributed by atoms with Crippen LogP contribution in [0.4, 0.5) is 0 Å². The Bertz CT molecular complexity index is 456. The fourth-order valence-electron chi connectivity index (χ4n) is 1.79. The quantitative estimate of drug-likeness (QED) is 0.718. The standard InChI is InChI=1S/C15H24N2O4/c1-5-9-17-15(2,14(16)18)10-21-13-11(19-3)7-6-8-12(13)20-4/h6-8,17H,5,9-10H2,1-4H3,(H2,16,18). The molecule has 6 nitrogen and oxygen atoms in total. The third kappa shape index (κ3) is 4.26. The van der Waals surface area contributed by atoms with Gasteiger partial charge in [-0.3, -0.25) is 4.79 Å². The van der Waals surface area contributed by atoms with Gasteiger partial charge in [-0.2, -0.15) is 0 Å². The van der Waals surface area contributed by atoms with Crippen LogP contribution in [0.5, 0.6) is 17.2 Å². The summed E-state index contributed by atoms with van der Waals surface area (Å²) in [5.74, 6) is 1.06. The zero-order chi connectivity index (χ0) is 15.9. The van der Waals surface area contributed by atoms with Crippen molar-refractivity contribution in [2.75, 3.05) is 27.4 Å². The van der Waals surface area contributed by atoms with Gasteiger partial charge >= 0.3 is 0 Å². The molecule has 0 aliphatic rings. The first-order valence-corrected chi connectivity index (χ1v) is 6.87. The Hall–Kier alpha value is -1.95. The van der Waals surface area contributed by atoms with E-state index < -0.39 is 11.4 Å². The van der Waals surface area contributed by atoms with E-state index >= 15 is 0 Å². The molecule has 1 atom stereocenters. The molecular weight excluding hydrogens is 272 g/mol. The van der Waals surface area contributed by atoms with Crippen LogP contribution >= 0.6 is 0 Å². The molecule has 0 radical (unpaired) electrons. The van der Waals surface area contributed by atoms with Gasteiger partial charge in [0.15, 0.2) is 11.5 Å². The number of carbonyl (C=O) groups is 1. The number of primary amides is 1. The normalized spacial score (nSPS) is 13.3. The van der Waals surface area contributed by atoms with Gasteiger partial charge in [0, 0.05) is 0 Å². The van der Waals surface area contributed by atoms with Gasteiger partial charge in [-0.15, -0.1) is 0 Å². The van der Waals surface area contributed by atoms with Gasteiger partial charge in [0.1, 0.15) is 12.1 Å². The lowest BCUT2D eigenvalue weighted by Gasteiger charge is -2.28. The lowest BCUT2D eigenvalue weighted by Crippen LogP contribution is -2.57. The Morgan fingerprint density at radius 2 is 1.86 bits per heavy atom. The second-order valence-electron chi connectivity index (χ2n) is 4.90. The average Bonchev–Trinajstić information content (AvgIpc) is 2.50. The summed E-state index contributed by atoms with van der Waals surface area (Å²) in [7, 11) is 3.09. The second-order valence-corrected chi connectivity index (χ2v) is 4.90. The molecule has 1 unspecified atom stereocenters. The number of carbonyl (C=O) groups excluding carboxylic acids is 1. The summed E-state index contributed by atoms with van der Waals surface area (Å²) in [6.07, 6.45) is 0.890. The molecule has 0 spiro atoms. The molecule has 1 aromatic rings. The number of benzene rings is 1. The fourth-order valence-corrected chi connectivity index (χ4v) is 1.79. The number of hydrogen-bond donors (Lipinski definition) is 2. The van der Waals surface area contributed by atoms with Crippen LogP contribution in [-0.4, -0.2) is 38.8 Å². The van der Waals surface area contributed by atoms with E-state index in [-0.39, 0.29) is 6.61 Å². The van der Waals surface area contributed by atoms with Crippen molar-refractivity contribution in [3.63, 3.8) is 0 Å². The number of rotatable bonds is 9. The predicted octanol–water partition coefficient (Wildman–Crippen LogP) is 1.33. The van der Waals surface area contributed by atoms with E-state index in [2.05, 4.69) is 5.32 Å². The topological polar surface area (TPSA) is 82.8 Å². The van der Waals surface area contributed by atoms with Gasteiger partial charge in [0.2, 0.25) is 11.7 Å². The molecule has 118 valence electrons. The van der Waals surface area contributed by atoms with Crippen LogP contribution in [0.25, 0.3) is 0 Å². The number of ether oxygens (including phenoxy) is 3. The van der Waals surface area contributed by atoms with Crippen LogP contribution in [0.1, 0.15) is 20.3 Å². The molecule has 0 saturated carbocycles. The van der Waals surface area contributed by atoms with Crippen LogP contribution in [0.3, 0.4) is 0 Å². The fraction of sp³-hybridized carbons (Fsp3) is 0.533. The molecule has 1 amide bonds. The zero-order valence-corrected chi connectivity index (χ0v) is 13.1. The van der Waals surface area contributed by atoms with Gasteiger partial charge < -0.3 is 25.3 Å². The van der Waals surface area contributed by atoms with Crippen molar-refractivity contribution >= 4 is 5.91 Å². The van der Waals surface area contributed by atoms with E-state index in [1.807, 2.05) is 6.92 Å². The van der Waals surface area contributed by atoms with Crippen molar-refractivity contribution in [2.24, 2.45) is 5.73 Å². The number of hydrogen-bond acceptors (Lipinski definition) is 5. The minimum Gasteiger partial charge on any atom is -0.493 e. The Morgan fingerprint density at radius 1 is 1.29 bits per heavy atom. The Kier molecular flexibility index (Phi) is 6.30. The number of methoxy groups -OCH3 is 2. The van der Waals surface area contributed by atoms with Crippen LogP contribution < -0.4 is 25.3 Å². The summed E-state index contributed by atoms with van der Waals surface area (Å²) < 4.78 is 16.3. The molecule has 3 N–H and O–H groups in total. The molecule has 0 aromatic heterocycles. The monoisotopic (exact) mass is 296 g/mol. The smallest absolute Gasteiger partial charge is 0.240 e. The number of nitrogens with one attached hydrogen (secondary N) is 1. The third-order valence-electron chi connectivity index (χ3n) is 3.20.